The highest BCUT2D eigenvalue weighted by molar-refractivity contribution is 6.36. The van der Waals surface area contributed by atoms with Crippen molar-refractivity contribution in [3.8, 4) is 11.5 Å². The van der Waals surface area contributed by atoms with Crippen molar-refractivity contribution >= 4 is 57.5 Å². The molecule has 0 aliphatic rings. The van der Waals surface area contributed by atoms with E-state index in [0.29, 0.717) is 32.9 Å². The first kappa shape index (κ1) is 22.7. The minimum Gasteiger partial charge on any atom is -0.436 e. The lowest BCUT2D eigenvalue weighted by Crippen LogP contribution is -2.14. The minimum atomic E-state index is -0.395. The third kappa shape index (κ3) is 5.04. The number of rotatable bonds is 5. The number of aromatic nitrogens is 1. The maximum absolute atomic E-state index is 12.7. The lowest BCUT2D eigenvalue weighted by Gasteiger charge is -2.09. The molecule has 2 N–H and O–H groups in total. The maximum Gasteiger partial charge on any atom is 0.257 e. The number of fused-ring (bicyclic) bond motifs is 1. The molecule has 1 heterocycles. The highest BCUT2D eigenvalue weighted by Crippen LogP contribution is 2.26. The molecule has 6 nitrogen and oxygen atoms in total. The van der Waals surface area contributed by atoms with E-state index in [-0.39, 0.29) is 11.5 Å². The Bertz CT molecular complexity index is 1510. The summed E-state index contributed by atoms with van der Waals surface area (Å²) in [5.41, 5.74) is 4.16. The molecule has 35 heavy (non-hydrogen) atoms. The summed E-state index contributed by atoms with van der Waals surface area (Å²) in [5.74, 6) is -0.162. The van der Waals surface area contributed by atoms with E-state index in [1.54, 1.807) is 48.5 Å². The molecule has 0 atom stereocenters. The quantitative estimate of drug-likeness (QED) is 0.264. The largest absolute Gasteiger partial charge is 0.436 e. The molecule has 5 aromatic rings. The van der Waals surface area contributed by atoms with Gasteiger partial charge in [0.2, 0.25) is 5.89 Å². The Morgan fingerprint density at radius 2 is 1.40 bits per heavy atom. The van der Waals surface area contributed by atoms with E-state index in [4.69, 9.17) is 27.6 Å². The van der Waals surface area contributed by atoms with E-state index in [0.717, 1.165) is 16.7 Å². The van der Waals surface area contributed by atoms with Crippen LogP contribution in [0.5, 0.6) is 0 Å². The number of carbonyl (C=O) groups is 2. The molecule has 172 valence electrons. The Kier molecular flexibility index (Phi) is 6.23. The van der Waals surface area contributed by atoms with Gasteiger partial charge >= 0.3 is 0 Å². The van der Waals surface area contributed by atoms with Crippen LogP contribution < -0.4 is 10.6 Å². The first-order valence-corrected chi connectivity index (χ1v) is 11.4. The second-order valence-corrected chi connectivity index (χ2v) is 8.52. The van der Waals surface area contributed by atoms with E-state index in [1.165, 1.54) is 6.07 Å². The number of nitrogens with zero attached hydrogens (tertiary/aromatic N) is 1. The van der Waals surface area contributed by atoms with E-state index >= 15 is 0 Å². The van der Waals surface area contributed by atoms with Crippen molar-refractivity contribution < 1.29 is 14.0 Å². The fourth-order valence-corrected chi connectivity index (χ4v) is 3.85. The fourth-order valence-electron chi connectivity index (χ4n) is 3.47. The molecule has 4 aromatic carbocycles. The Balaban J connectivity index is 1.23. The minimum absolute atomic E-state index is 0.266. The number of hydrogen-bond donors (Lipinski definition) is 2. The molecule has 0 unspecified atom stereocenters. The van der Waals surface area contributed by atoms with Gasteiger partial charge in [0.25, 0.3) is 11.8 Å². The van der Waals surface area contributed by atoms with E-state index in [9.17, 15) is 9.59 Å². The van der Waals surface area contributed by atoms with Gasteiger partial charge in [-0.3, -0.25) is 9.59 Å². The Morgan fingerprint density at radius 3 is 2.11 bits per heavy atom. The van der Waals surface area contributed by atoms with Crippen LogP contribution in [-0.4, -0.2) is 16.8 Å². The smallest absolute Gasteiger partial charge is 0.257 e. The van der Waals surface area contributed by atoms with Crippen molar-refractivity contribution in [1.29, 1.82) is 0 Å². The standard InChI is InChI=1S/C27H17Cl2N3O3/c28-18-9-14-22(29)21(15-18)26(34)31-20-10-5-16(6-11-20)25(33)30-19-12-7-17(8-13-19)27-32-23-3-1-2-4-24(23)35-27/h1-15H,(H,30,33)(H,31,34). The van der Waals surface area contributed by atoms with Crippen LogP contribution in [0.15, 0.2) is 95.4 Å². The van der Waals surface area contributed by atoms with Crippen LogP contribution in [0.3, 0.4) is 0 Å². The number of amides is 2. The Morgan fingerprint density at radius 1 is 0.743 bits per heavy atom. The molecule has 0 saturated heterocycles. The molecule has 2 amide bonds. The third-order valence-electron chi connectivity index (χ3n) is 5.26. The van der Waals surface area contributed by atoms with E-state index in [2.05, 4.69) is 15.6 Å². The average molecular weight is 502 g/mol. The Hall–Kier alpha value is -4.13. The van der Waals surface area contributed by atoms with Crippen molar-refractivity contribution in [3.63, 3.8) is 0 Å². The zero-order chi connectivity index (χ0) is 24.4. The third-order valence-corrected chi connectivity index (χ3v) is 5.83. The number of anilines is 2. The number of carbonyl (C=O) groups excluding carboxylic acids is 2. The maximum atomic E-state index is 12.7. The molecule has 5 rings (SSSR count). The normalized spacial score (nSPS) is 10.8. The first-order valence-electron chi connectivity index (χ1n) is 10.6. The van der Waals surface area contributed by atoms with Crippen molar-refractivity contribution in [2.24, 2.45) is 0 Å². The summed E-state index contributed by atoms with van der Waals surface area (Å²) in [6, 6.07) is 26.0. The van der Waals surface area contributed by atoms with Crippen molar-refractivity contribution in [2.75, 3.05) is 10.6 Å². The van der Waals surface area contributed by atoms with Crippen molar-refractivity contribution in [2.45, 2.75) is 0 Å². The van der Waals surface area contributed by atoms with Crippen LogP contribution in [-0.2, 0) is 0 Å². The second kappa shape index (κ2) is 9.62. The highest BCUT2D eigenvalue weighted by atomic mass is 35.5. The van der Waals surface area contributed by atoms with Crippen LogP contribution in [0.25, 0.3) is 22.6 Å². The molecule has 0 radical (unpaired) electrons. The topological polar surface area (TPSA) is 84.2 Å². The van der Waals surface area contributed by atoms with Crippen LogP contribution in [0, 0.1) is 0 Å². The molecular weight excluding hydrogens is 485 g/mol. The Labute approximate surface area is 210 Å². The molecule has 0 spiro atoms. The van der Waals surface area contributed by atoms with Gasteiger partial charge in [-0.1, -0.05) is 35.3 Å². The second-order valence-electron chi connectivity index (χ2n) is 7.67. The van der Waals surface area contributed by atoms with E-state index < -0.39 is 5.91 Å². The van der Waals surface area contributed by atoms with Crippen molar-refractivity contribution in [3.05, 3.63) is 112 Å². The van der Waals surface area contributed by atoms with Gasteiger partial charge in [0, 0.05) is 27.5 Å². The summed E-state index contributed by atoms with van der Waals surface area (Å²) in [4.78, 5) is 29.6. The van der Waals surface area contributed by atoms with Crippen LogP contribution in [0.2, 0.25) is 10.0 Å². The van der Waals surface area contributed by atoms with Crippen LogP contribution >= 0.6 is 23.2 Å². The van der Waals surface area contributed by atoms with Crippen LogP contribution in [0.1, 0.15) is 20.7 Å². The number of halogens is 2. The summed E-state index contributed by atoms with van der Waals surface area (Å²) in [6.07, 6.45) is 0. The molecule has 0 bridgehead atoms. The molecule has 0 fully saturated rings. The zero-order valence-electron chi connectivity index (χ0n) is 18.1. The van der Waals surface area contributed by atoms with Gasteiger partial charge < -0.3 is 15.1 Å². The van der Waals surface area contributed by atoms with Gasteiger partial charge in [-0.2, -0.15) is 0 Å². The molecule has 0 saturated carbocycles. The van der Waals surface area contributed by atoms with Crippen LogP contribution in [0.4, 0.5) is 11.4 Å². The summed E-state index contributed by atoms with van der Waals surface area (Å²) in [5, 5.41) is 6.31. The zero-order valence-corrected chi connectivity index (χ0v) is 19.6. The van der Waals surface area contributed by atoms with Gasteiger partial charge in [0.15, 0.2) is 5.58 Å². The van der Waals surface area contributed by atoms with Crippen molar-refractivity contribution in [1.82, 2.24) is 4.98 Å². The van der Waals surface area contributed by atoms with Gasteiger partial charge in [-0.25, -0.2) is 4.98 Å². The number of oxazole rings is 1. The predicted molar refractivity (Wildman–Crippen MR) is 138 cm³/mol. The number of benzene rings is 4. The van der Waals surface area contributed by atoms with Gasteiger partial charge in [0.1, 0.15) is 5.52 Å². The molecule has 0 aliphatic heterocycles. The molecule has 0 aliphatic carbocycles. The average Bonchev–Trinajstić information content (AvgIpc) is 3.31. The molecule has 8 heteroatoms. The van der Waals surface area contributed by atoms with Gasteiger partial charge in [-0.15, -0.1) is 0 Å². The first-order chi connectivity index (χ1) is 17.0. The number of hydrogen-bond acceptors (Lipinski definition) is 4. The van der Waals surface area contributed by atoms with Gasteiger partial charge in [-0.05, 0) is 78.9 Å². The summed E-state index contributed by atoms with van der Waals surface area (Å²) >= 11 is 12.0. The monoisotopic (exact) mass is 501 g/mol. The molecular formula is C27H17Cl2N3O3. The lowest BCUT2D eigenvalue weighted by atomic mass is 10.1. The number of nitrogens with one attached hydrogen (secondary N) is 2. The summed E-state index contributed by atoms with van der Waals surface area (Å²) in [7, 11) is 0. The summed E-state index contributed by atoms with van der Waals surface area (Å²) < 4.78 is 5.78. The lowest BCUT2D eigenvalue weighted by molar-refractivity contribution is 0.102. The fraction of sp³-hybridized carbons (Fsp3) is 0. The highest BCUT2D eigenvalue weighted by Gasteiger charge is 2.13. The van der Waals surface area contributed by atoms with Gasteiger partial charge in [0.05, 0.1) is 10.6 Å². The number of para-hydroxylation sites is 2. The predicted octanol–water partition coefficient (Wildman–Crippen LogP) is 7.31. The van der Waals surface area contributed by atoms with E-state index in [1.807, 2.05) is 36.4 Å². The SMILES string of the molecule is O=C(Nc1ccc(-c2nc3ccccc3o2)cc1)c1ccc(NC(=O)c2cc(Cl)ccc2Cl)cc1. The molecule has 1 aromatic heterocycles. The summed E-state index contributed by atoms with van der Waals surface area (Å²) in [6.45, 7) is 0.